The molecular formula is C25H18Cl3N3O. The number of hydrazone groups is 1. The Bertz CT molecular complexity index is 1330. The number of nitrogens with one attached hydrogen (secondary N) is 1. The Kier molecular flexibility index (Phi) is 6.75. The lowest BCUT2D eigenvalue weighted by Gasteiger charge is -2.11. The molecule has 3 aromatic carbocycles. The third-order valence-corrected chi connectivity index (χ3v) is 5.66. The molecule has 4 aromatic rings. The monoisotopic (exact) mass is 481 g/mol. The smallest absolute Gasteiger partial charge is 0.267 e. The van der Waals surface area contributed by atoms with Crippen molar-refractivity contribution in [2.24, 2.45) is 5.10 Å². The number of carbonyl (C=O) groups is 1. The quantitative estimate of drug-likeness (QED) is 0.238. The highest BCUT2D eigenvalue weighted by Gasteiger charge is 2.15. The first-order valence-corrected chi connectivity index (χ1v) is 11.1. The molecule has 0 radical (unpaired) electrons. The lowest BCUT2D eigenvalue weighted by molar-refractivity contribution is 0.0956. The van der Waals surface area contributed by atoms with E-state index in [4.69, 9.17) is 39.8 Å². The van der Waals surface area contributed by atoms with Crippen LogP contribution in [-0.4, -0.2) is 16.6 Å². The van der Waals surface area contributed by atoms with E-state index in [2.05, 4.69) is 10.5 Å². The number of nitrogens with zero attached hydrogens (tertiary/aromatic N) is 2. The summed E-state index contributed by atoms with van der Waals surface area (Å²) in [7, 11) is 0. The first-order chi connectivity index (χ1) is 15.4. The van der Waals surface area contributed by atoms with E-state index in [9.17, 15) is 4.79 Å². The van der Waals surface area contributed by atoms with Gasteiger partial charge in [-0.3, -0.25) is 4.79 Å². The molecule has 160 valence electrons. The number of amides is 1. The summed E-state index contributed by atoms with van der Waals surface area (Å²) in [6.45, 7) is 1.96. The fraction of sp³-hybridized carbons (Fsp3) is 0.0800. The molecule has 1 amide bonds. The van der Waals surface area contributed by atoms with Gasteiger partial charge in [-0.05, 0) is 60.5 Å². The van der Waals surface area contributed by atoms with Crippen molar-refractivity contribution in [2.45, 2.75) is 13.3 Å². The topological polar surface area (TPSA) is 54.4 Å². The molecule has 0 aliphatic rings. The number of halogens is 3. The van der Waals surface area contributed by atoms with Gasteiger partial charge in [-0.15, -0.1) is 0 Å². The van der Waals surface area contributed by atoms with Crippen molar-refractivity contribution < 1.29 is 4.79 Å². The second-order valence-electron chi connectivity index (χ2n) is 7.09. The molecule has 0 bridgehead atoms. The van der Waals surface area contributed by atoms with Gasteiger partial charge in [0.25, 0.3) is 5.91 Å². The van der Waals surface area contributed by atoms with Crippen molar-refractivity contribution in [1.29, 1.82) is 0 Å². The summed E-state index contributed by atoms with van der Waals surface area (Å²) in [5.74, 6) is -0.358. The Hall–Kier alpha value is -2.92. The van der Waals surface area contributed by atoms with Gasteiger partial charge in [0.2, 0.25) is 0 Å². The van der Waals surface area contributed by atoms with E-state index in [-0.39, 0.29) is 5.91 Å². The molecule has 0 saturated carbocycles. The van der Waals surface area contributed by atoms with E-state index in [0.717, 1.165) is 16.8 Å². The molecule has 0 aliphatic carbocycles. The Morgan fingerprint density at radius 2 is 1.62 bits per heavy atom. The number of benzene rings is 3. The number of hydrogen-bond donors (Lipinski definition) is 1. The number of rotatable bonds is 5. The molecule has 0 aliphatic heterocycles. The molecule has 0 atom stereocenters. The van der Waals surface area contributed by atoms with E-state index < -0.39 is 0 Å². The lowest BCUT2D eigenvalue weighted by atomic mass is 10.0. The number of aromatic nitrogens is 1. The minimum Gasteiger partial charge on any atom is -0.267 e. The van der Waals surface area contributed by atoms with Gasteiger partial charge in [0.15, 0.2) is 0 Å². The maximum absolute atomic E-state index is 13.2. The summed E-state index contributed by atoms with van der Waals surface area (Å²) < 4.78 is 0. The van der Waals surface area contributed by atoms with Gasteiger partial charge in [-0.1, -0.05) is 66.0 Å². The Morgan fingerprint density at radius 1 is 0.906 bits per heavy atom. The third-order valence-electron chi connectivity index (χ3n) is 4.94. The van der Waals surface area contributed by atoms with Crippen LogP contribution in [0.5, 0.6) is 0 Å². The minimum atomic E-state index is -0.358. The molecule has 4 rings (SSSR count). The molecule has 4 nitrogen and oxygen atoms in total. The standard InChI is InChI=1S/C25H18Cl3N3O/c1-2-22(16-4-3-5-18(27)12-16)30-31-25(32)21-14-24(15-6-8-17(26)9-7-15)29-23-11-10-19(28)13-20(21)23/h3-14H,2H2,1H3,(H,31,32)/b30-22+. The van der Waals surface area contributed by atoms with E-state index >= 15 is 0 Å². The number of carbonyl (C=O) groups excluding carboxylic acids is 1. The molecule has 1 N–H and O–H groups in total. The molecule has 32 heavy (non-hydrogen) atoms. The maximum Gasteiger partial charge on any atom is 0.272 e. The highest BCUT2D eigenvalue weighted by Crippen LogP contribution is 2.28. The van der Waals surface area contributed by atoms with Crippen molar-refractivity contribution in [3.63, 3.8) is 0 Å². The summed E-state index contributed by atoms with van der Waals surface area (Å²) in [5.41, 5.74) is 6.82. The Morgan fingerprint density at radius 3 is 2.34 bits per heavy atom. The second kappa shape index (κ2) is 9.70. The molecule has 1 aromatic heterocycles. The summed E-state index contributed by atoms with van der Waals surface area (Å²) >= 11 is 18.3. The fourth-order valence-corrected chi connectivity index (χ4v) is 3.84. The third kappa shape index (κ3) is 4.94. The second-order valence-corrected chi connectivity index (χ2v) is 8.40. The molecule has 1 heterocycles. The van der Waals surface area contributed by atoms with Gasteiger partial charge in [0.1, 0.15) is 0 Å². The van der Waals surface area contributed by atoms with E-state index in [0.29, 0.717) is 43.6 Å². The van der Waals surface area contributed by atoms with Crippen LogP contribution in [0.2, 0.25) is 15.1 Å². The van der Waals surface area contributed by atoms with Crippen molar-refractivity contribution >= 4 is 57.3 Å². The van der Waals surface area contributed by atoms with Gasteiger partial charge in [0, 0.05) is 26.0 Å². The molecule has 0 fully saturated rings. The largest absolute Gasteiger partial charge is 0.272 e. The molecule has 7 heteroatoms. The Labute approximate surface area is 200 Å². The Balaban J connectivity index is 1.75. The van der Waals surface area contributed by atoms with Crippen LogP contribution in [0.25, 0.3) is 22.2 Å². The van der Waals surface area contributed by atoms with E-state index in [1.54, 1.807) is 42.5 Å². The average Bonchev–Trinajstić information content (AvgIpc) is 2.79. The van der Waals surface area contributed by atoms with Crippen LogP contribution in [0.4, 0.5) is 0 Å². The predicted molar refractivity (Wildman–Crippen MR) is 133 cm³/mol. The lowest BCUT2D eigenvalue weighted by Crippen LogP contribution is -2.20. The van der Waals surface area contributed by atoms with Gasteiger partial charge < -0.3 is 0 Å². The SMILES string of the molecule is CC/C(=N\NC(=O)c1cc(-c2ccc(Cl)cc2)nc2ccc(Cl)cc12)c1cccc(Cl)c1. The van der Waals surface area contributed by atoms with Crippen LogP contribution < -0.4 is 5.43 Å². The van der Waals surface area contributed by atoms with Crippen LogP contribution in [0, 0.1) is 0 Å². The zero-order valence-electron chi connectivity index (χ0n) is 17.1. The van der Waals surface area contributed by atoms with Crippen molar-refractivity contribution in [3.8, 4) is 11.3 Å². The van der Waals surface area contributed by atoms with E-state index in [1.165, 1.54) is 0 Å². The van der Waals surface area contributed by atoms with Crippen molar-refractivity contribution in [1.82, 2.24) is 10.4 Å². The zero-order chi connectivity index (χ0) is 22.7. The van der Waals surface area contributed by atoms with Gasteiger partial charge in [0.05, 0.1) is 22.5 Å². The van der Waals surface area contributed by atoms with Crippen LogP contribution in [-0.2, 0) is 0 Å². The first-order valence-electron chi connectivity index (χ1n) is 9.93. The summed E-state index contributed by atoms with van der Waals surface area (Å²) in [6.07, 6.45) is 0.625. The highest BCUT2D eigenvalue weighted by atomic mass is 35.5. The predicted octanol–water partition coefficient (Wildman–Crippen LogP) is 7.41. The van der Waals surface area contributed by atoms with Crippen LogP contribution in [0.15, 0.2) is 77.9 Å². The molecule has 0 saturated heterocycles. The number of hydrogen-bond acceptors (Lipinski definition) is 3. The molecule has 0 spiro atoms. The van der Waals surface area contributed by atoms with Crippen LogP contribution >= 0.6 is 34.8 Å². The number of fused-ring (bicyclic) bond motifs is 1. The molecule has 0 unspecified atom stereocenters. The first kappa shape index (κ1) is 22.3. The summed E-state index contributed by atoms with van der Waals surface area (Å²) in [4.78, 5) is 17.9. The van der Waals surface area contributed by atoms with Crippen molar-refractivity contribution in [2.75, 3.05) is 0 Å². The summed E-state index contributed by atoms with van der Waals surface area (Å²) in [6, 6.07) is 21.7. The highest BCUT2D eigenvalue weighted by molar-refractivity contribution is 6.32. The van der Waals surface area contributed by atoms with Gasteiger partial charge in [-0.2, -0.15) is 5.10 Å². The maximum atomic E-state index is 13.2. The average molecular weight is 483 g/mol. The number of pyridine rings is 1. The van der Waals surface area contributed by atoms with Crippen molar-refractivity contribution in [3.05, 3.63) is 99.0 Å². The fourth-order valence-electron chi connectivity index (χ4n) is 3.35. The van der Waals surface area contributed by atoms with Gasteiger partial charge in [-0.25, -0.2) is 10.4 Å². The zero-order valence-corrected chi connectivity index (χ0v) is 19.3. The van der Waals surface area contributed by atoms with Gasteiger partial charge >= 0.3 is 0 Å². The van der Waals surface area contributed by atoms with Crippen LogP contribution in [0.3, 0.4) is 0 Å². The normalized spacial score (nSPS) is 11.6. The van der Waals surface area contributed by atoms with Crippen LogP contribution in [0.1, 0.15) is 29.3 Å². The van der Waals surface area contributed by atoms with E-state index in [1.807, 2.05) is 37.3 Å². The summed E-state index contributed by atoms with van der Waals surface area (Å²) in [5, 5.41) is 6.76. The molecular weight excluding hydrogens is 465 g/mol. The minimum absolute atomic E-state index is 0.358.